The van der Waals surface area contributed by atoms with Crippen molar-refractivity contribution in [3.8, 4) is 11.5 Å². The molecule has 15 heteroatoms. The molecule has 212 valence electrons. The van der Waals surface area contributed by atoms with Crippen molar-refractivity contribution in [3.63, 3.8) is 0 Å². The van der Waals surface area contributed by atoms with Gasteiger partial charge in [0, 0.05) is 19.2 Å². The number of halogens is 1. The molecule has 1 aliphatic rings. The maximum absolute atomic E-state index is 15.9. The number of alkyl halides is 1. The highest BCUT2D eigenvalue weighted by molar-refractivity contribution is 7.34. The molecule has 0 aliphatic carbocycles. The monoisotopic (exact) mass is 569 g/mol. The van der Waals surface area contributed by atoms with Gasteiger partial charge in [-0.25, -0.2) is 14.0 Å². The van der Waals surface area contributed by atoms with Gasteiger partial charge in [0.15, 0.2) is 29.8 Å². The van der Waals surface area contributed by atoms with Crippen LogP contribution >= 0.6 is 8.17 Å². The van der Waals surface area contributed by atoms with Crippen molar-refractivity contribution in [2.45, 2.75) is 70.9 Å². The van der Waals surface area contributed by atoms with E-state index in [2.05, 4.69) is 4.74 Å². The van der Waals surface area contributed by atoms with Crippen molar-refractivity contribution in [1.29, 1.82) is 0 Å². The maximum Gasteiger partial charge on any atom is 0.395 e. The van der Waals surface area contributed by atoms with Crippen LogP contribution in [0.4, 0.5) is 4.39 Å². The van der Waals surface area contributed by atoms with Gasteiger partial charge in [0.1, 0.15) is 12.7 Å². The molecular weight excluding hydrogens is 540 g/mol. The number of carbonyl (C=O) groups excluding carboxylic acids is 2. The first kappa shape index (κ1) is 29.9. The molecule has 1 N–H and O–H groups in total. The van der Waals surface area contributed by atoms with Crippen LogP contribution in [0.1, 0.15) is 40.8 Å². The summed E-state index contributed by atoms with van der Waals surface area (Å²) in [6.07, 6.45) is -3.56. The van der Waals surface area contributed by atoms with E-state index in [-0.39, 0.29) is 24.2 Å². The molecule has 13 nitrogen and oxygen atoms in total. The summed E-state index contributed by atoms with van der Waals surface area (Å²) in [5.74, 6) is -1.38. The van der Waals surface area contributed by atoms with Crippen LogP contribution in [-0.4, -0.2) is 58.1 Å². The molecule has 1 aromatic heterocycles. The Labute approximate surface area is 223 Å². The van der Waals surface area contributed by atoms with Gasteiger partial charge >= 0.3 is 25.8 Å². The molecule has 0 amide bonds. The standard InChI is InChI=1S/C24H29FN3O10P/c1-13(2)35-21(31)14(3)27-39(33)38-17-9-7-6-8-16(17)34-12-18-20(36-15(4)29)24(5,25)22(37-18)28-11-10-19(30)26-23(28)32/h6-11,13-14,18,20,22H,12H2,1-5H3,(H,26,30,32)/t14-,18+,20-,22+,24?/m0/s1. The Morgan fingerprint density at radius 2 is 1.90 bits per heavy atom. The van der Waals surface area contributed by atoms with Crippen molar-refractivity contribution in [3.05, 3.63) is 57.4 Å². The first-order valence-corrected chi connectivity index (χ1v) is 13.0. The normalized spacial score (nSPS) is 23.8. The Kier molecular flexibility index (Phi) is 9.59. The highest BCUT2D eigenvalue weighted by Gasteiger charge is 2.58. The number of aromatic nitrogens is 2. The van der Waals surface area contributed by atoms with Crippen LogP contribution in [-0.2, 0) is 23.8 Å². The molecule has 3 rings (SSSR count). The number of carbonyl (C=O) groups is 2. The minimum Gasteiger partial charge on any atom is -0.575 e. The van der Waals surface area contributed by atoms with Crippen LogP contribution in [0.5, 0.6) is 11.5 Å². The van der Waals surface area contributed by atoms with E-state index in [1.54, 1.807) is 26.0 Å². The van der Waals surface area contributed by atoms with Gasteiger partial charge in [0.2, 0.25) is 5.75 Å². The molecule has 2 heterocycles. The average Bonchev–Trinajstić information content (AvgIpc) is 3.07. The van der Waals surface area contributed by atoms with E-state index in [0.29, 0.717) is 0 Å². The minimum atomic E-state index is -2.70. The molecule has 0 saturated carbocycles. The van der Waals surface area contributed by atoms with Crippen LogP contribution in [0.25, 0.3) is 0 Å². The number of nitrogens with zero attached hydrogens (tertiary/aromatic N) is 2. The number of rotatable bonds is 10. The number of hydrogen-bond donors (Lipinski definition) is 1. The smallest absolute Gasteiger partial charge is 0.395 e. The number of nitrogens with one attached hydrogen (secondary N) is 1. The number of aromatic amines is 1. The third-order valence-corrected chi connectivity index (χ3v) is 6.35. The van der Waals surface area contributed by atoms with Crippen molar-refractivity contribution < 1.29 is 42.3 Å². The second-order valence-electron chi connectivity index (χ2n) is 9.09. The van der Waals surface area contributed by atoms with E-state index >= 15 is 4.39 Å². The molecule has 6 atom stereocenters. The van der Waals surface area contributed by atoms with Gasteiger partial charge in [-0.1, -0.05) is 16.9 Å². The summed E-state index contributed by atoms with van der Waals surface area (Å²) >= 11 is 0. The van der Waals surface area contributed by atoms with E-state index in [0.717, 1.165) is 30.7 Å². The summed E-state index contributed by atoms with van der Waals surface area (Å²) in [6.45, 7) is 6.56. The van der Waals surface area contributed by atoms with Crippen LogP contribution in [0, 0.1) is 0 Å². The number of ether oxygens (including phenoxy) is 4. The molecule has 0 radical (unpaired) electrons. The zero-order valence-electron chi connectivity index (χ0n) is 21.9. The number of benzene rings is 1. The lowest BCUT2D eigenvalue weighted by Crippen LogP contribution is -2.46. The zero-order valence-corrected chi connectivity index (χ0v) is 22.8. The van der Waals surface area contributed by atoms with Crippen LogP contribution in [0.15, 0.2) is 50.9 Å². The van der Waals surface area contributed by atoms with Crippen molar-refractivity contribution in [2.75, 3.05) is 6.61 Å². The Balaban J connectivity index is 1.79. The van der Waals surface area contributed by atoms with Gasteiger partial charge in [-0.3, -0.25) is 23.7 Å². The number of H-pyrrole nitrogens is 1. The van der Waals surface area contributed by atoms with E-state index in [1.807, 2.05) is 4.98 Å². The second kappa shape index (κ2) is 12.5. The Bertz CT molecular complexity index is 1340. The highest BCUT2D eigenvalue weighted by atomic mass is 31.1. The lowest BCUT2D eigenvalue weighted by molar-refractivity contribution is -0.170. The zero-order chi connectivity index (χ0) is 28.9. The summed E-state index contributed by atoms with van der Waals surface area (Å²) in [6, 6.07) is 6.06. The fourth-order valence-corrected chi connectivity index (χ4v) is 4.51. The molecule has 2 aromatic rings. The third kappa shape index (κ3) is 7.49. The molecule has 39 heavy (non-hydrogen) atoms. The topological polar surface area (TPSA) is 171 Å². The summed E-state index contributed by atoms with van der Waals surface area (Å²) in [5, 5.41) is 0. The number of hydrogen-bond acceptors (Lipinski definition) is 11. The van der Waals surface area contributed by atoms with Gasteiger partial charge in [-0.15, -0.1) is 0 Å². The van der Waals surface area contributed by atoms with Crippen LogP contribution < -0.4 is 25.4 Å². The Morgan fingerprint density at radius 1 is 1.23 bits per heavy atom. The molecular formula is C24H29FN3O10P. The van der Waals surface area contributed by atoms with Gasteiger partial charge in [-0.2, -0.15) is 0 Å². The quantitative estimate of drug-likeness (QED) is 0.328. The highest BCUT2D eigenvalue weighted by Crippen LogP contribution is 2.43. The van der Waals surface area contributed by atoms with E-state index in [9.17, 15) is 24.1 Å². The van der Waals surface area contributed by atoms with Gasteiger partial charge in [0.25, 0.3) is 5.56 Å². The second-order valence-corrected chi connectivity index (χ2v) is 9.98. The third-order valence-electron chi connectivity index (χ3n) is 5.47. The Morgan fingerprint density at radius 3 is 2.51 bits per heavy atom. The van der Waals surface area contributed by atoms with Gasteiger partial charge in [-0.05, 0) is 39.8 Å². The minimum absolute atomic E-state index is 0.00485. The lowest BCUT2D eigenvalue weighted by atomic mass is 9.98. The van der Waals surface area contributed by atoms with Gasteiger partial charge < -0.3 is 23.8 Å². The van der Waals surface area contributed by atoms with Crippen molar-refractivity contribution in [1.82, 2.24) is 9.55 Å². The first-order chi connectivity index (χ1) is 18.3. The van der Waals surface area contributed by atoms with Crippen molar-refractivity contribution >= 4 is 20.1 Å². The predicted octanol–water partition coefficient (Wildman–Crippen LogP) is 1.75. The molecule has 1 aliphatic heterocycles. The van der Waals surface area contributed by atoms with Gasteiger partial charge in [0.05, 0.1) is 6.10 Å². The summed E-state index contributed by atoms with van der Waals surface area (Å²) in [4.78, 5) is 61.9. The fraction of sp³-hybridized carbons (Fsp3) is 0.500. The van der Waals surface area contributed by atoms with Crippen LogP contribution in [0.3, 0.4) is 0 Å². The molecule has 2 unspecified atom stereocenters. The molecule has 1 fully saturated rings. The largest absolute Gasteiger partial charge is 0.575 e. The summed E-state index contributed by atoms with van der Waals surface area (Å²) in [7, 11) is -2.70. The number of para-hydroxylation sites is 2. The number of esters is 2. The predicted molar refractivity (Wildman–Crippen MR) is 133 cm³/mol. The average molecular weight is 569 g/mol. The summed E-state index contributed by atoms with van der Waals surface area (Å²) in [5.41, 5.74) is -4.00. The van der Waals surface area contributed by atoms with E-state index < -0.39 is 61.5 Å². The SMILES string of the molecule is CC(=O)O[C@H]1[C@@H](COc2ccccc2O[P+]([O-])=N[C@@H](C)C(=O)OC(C)C)O[C@@H](n2ccc(=O)[nH]c2=O)C1(C)F. The Hall–Kier alpha value is -3.61. The molecule has 1 saturated heterocycles. The fourth-order valence-electron chi connectivity index (χ4n) is 3.76. The summed E-state index contributed by atoms with van der Waals surface area (Å²) < 4.78 is 47.7. The molecule has 0 spiro atoms. The van der Waals surface area contributed by atoms with E-state index in [1.165, 1.54) is 19.1 Å². The lowest BCUT2D eigenvalue weighted by Gasteiger charge is -2.27. The maximum atomic E-state index is 15.9. The molecule has 0 bridgehead atoms. The first-order valence-electron chi connectivity index (χ1n) is 11.9. The van der Waals surface area contributed by atoms with E-state index in [4.69, 9.17) is 23.5 Å². The molecule has 1 aromatic carbocycles. The van der Waals surface area contributed by atoms with Crippen LogP contribution in [0.2, 0.25) is 0 Å². The van der Waals surface area contributed by atoms with Crippen molar-refractivity contribution in [2.24, 2.45) is 4.74 Å².